The fraction of sp³-hybridized carbons (Fsp3) is 0.333. The first-order valence-electron chi connectivity index (χ1n) is 3.83. The van der Waals surface area contributed by atoms with Crippen molar-refractivity contribution < 1.29 is 4.79 Å². The molecule has 0 radical (unpaired) electrons. The Bertz CT molecular complexity index is 351. The molecule has 0 aromatic carbocycles. The van der Waals surface area contributed by atoms with Crippen molar-refractivity contribution in [3.63, 3.8) is 0 Å². The standard InChI is InChI=1S/C9H10N2OS/c1-4-6(2)11-9(12)8-5-10-7(3)13-8/h1,5-6H,2-3H3,(H,11,12). The van der Waals surface area contributed by atoms with Crippen molar-refractivity contribution in [3.05, 3.63) is 16.1 Å². The van der Waals surface area contributed by atoms with E-state index >= 15 is 0 Å². The molecule has 1 aromatic rings. The average molecular weight is 194 g/mol. The minimum absolute atomic E-state index is 0.156. The normalized spacial score (nSPS) is 11.8. The molecule has 68 valence electrons. The van der Waals surface area contributed by atoms with Gasteiger partial charge in [-0.3, -0.25) is 4.79 Å². The number of aromatic nitrogens is 1. The molecule has 0 bridgehead atoms. The van der Waals surface area contributed by atoms with E-state index < -0.39 is 0 Å². The van der Waals surface area contributed by atoms with Crippen LogP contribution in [-0.2, 0) is 0 Å². The van der Waals surface area contributed by atoms with Crippen LogP contribution < -0.4 is 5.32 Å². The Hall–Kier alpha value is -1.34. The van der Waals surface area contributed by atoms with Gasteiger partial charge >= 0.3 is 0 Å². The molecule has 0 aliphatic carbocycles. The van der Waals surface area contributed by atoms with Gasteiger partial charge in [-0.2, -0.15) is 0 Å². The van der Waals surface area contributed by atoms with E-state index in [0.29, 0.717) is 4.88 Å². The van der Waals surface area contributed by atoms with Crippen LogP contribution in [0.3, 0.4) is 0 Å². The fourth-order valence-corrected chi connectivity index (χ4v) is 1.46. The number of aryl methyl sites for hydroxylation is 1. The minimum atomic E-state index is -0.241. The second-order valence-electron chi connectivity index (χ2n) is 2.61. The Balaban J connectivity index is 2.65. The number of rotatable bonds is 2. The Morgan fingerprint density at radius 2 is 2.54 bits per heavy atom. The molecule has 0 aliphatic heterocycles. The topological polar surface area (TPSA) is 42.0 Å². The summed E-state index contributed by atoms with van der Waals surface area (Å²) in [6.07, 6.45) is 6.68. The quantitative estimate of drug-likeness (QED) is 0.719. The predicted molar refractivity (Wildman–Crippen MR) is 52.6 cm³/mol. The molecule has 13 heavy (non-hydrogen) atoms. The van der Waals surface area contributed by atoms with E-state index in [1.165, 1.54) is 11.3 Å². The number of amides is 1. The number of carbonyl (C=O) groups excluding carboxylic acids is 1. The molecule has 0 saturated heterocycles. The van der Waals surface area contributed by atoms with E-state index in [4.69, 9.17) is 6.42 Å². The highest BCUT2D eigenvalue weighted by Gasteiger charge is 2.09. The lowest BCUT2D eigenvalue weighted by Gasteiger charge is -2.04. The lowest BCUT2D eigenvalue weighted by Crippen LogP contribution is -2.30. The molecule has 1 unspecified atom stereocenters. The third-order valence-electron chi connectivity index (χ3n) is 1.44. The van der Waals surface area contributed by atoms with Crippen LogP contribution in [0, 0.1) is 19.3 Å². The van der Waals surface area contributed by atoms with Gasteiger partial charge in [0.1, 0.15) is 4.88 Å². The number of hydrogen-bond donors (Lipinski definition) is 1. The smallest absolute Gasteiger partial charge is 0.263 e. The zero-order valence-electron chi connectivity index (χ0n) is 7.50. The molecular weight excluding hydrogens is 184 g/mol. The average Bonchev–Trinajstić information content (AvgIpc) is 2.51. The zero-order chi connectivity index (χ0) is 9.84. The van der Waals surface area contributed by atoms with Gasteiger partial charge in [0.25, 0.3) is 5.91 Å². The molecule has 1 heterocycles. The molecule has 0 fully saturated rings. The molecule has 3 nitrogen and oxygen atoms in total. The van der Waals surface area contributed by atoms with Crippen LogP contribution in [0.1, 0.15) is 21.6 Å². The largest absolute Gasteiger partial charge is 0.338 e. The molecule has 1 amide bonds. The molecule has 1 N–H and O–H groups in total. The number of terminal acetylenes is 1. The monoisotopic (exact) mass is 194 g/mol. The van der Waals surface area contributed by atoms with Gasteiger partial charge in [-0.05, 0) is 13.8 Å². The first kappa shape index (κ1) is 9.75. The summed E-state index contributed by atoms with van der Waals surface area (Å²) < 4.78 is 0. The fourth-order valence-electron chi connectivity index (χ4n) is 0.776. The van der Waals surface area contributed by atoms with Crippen LogP contribution in [0.2, 0.25) is 0 Å². The maximum Gasteiger partial charge on any atom is 0.263 e. The number of hydrogen-bond acceptors (Lipinski definition) is 3. The van der Waals surface area contributed by atoms with E-state index in [1.807, 2.05) is 6.92 Å². The summed E-state index contributed by atoms with van der Waals surface area (Å²) in [5.74, 6) is 2.27. The van der Waals surface area contributed by atoms with Crippen molar-refractivity contribution in [3.8, 4) is 12.3 Å². The molecular formula is C9H10N2OS. The van der Waals surface area contributed by atoms with Crippen molar-refractivity contribution in [2.24, 2.45) is 0 Å². The summed E-state index contributed by atoms with van der Waals surface area (Å²) in [6, 6.07) is -0.241. The first-order valence-corrected chi connectivity index (χ1v) is 4.64. The summed E-state index contributed by atoms with van der Waals surface area (Å²) >= 11 is 1.36. The van der Waals surface area contributed by atoms with Crippen LogP contribution >= 0.6 is 11.3 Å². The zero-order valence-corrected chi connectivity index (χ0v) is 8.31. The second-order valence-corrected chi connectivity index (χ2v) is 3.84. The molecule has 4 heteroatoms. The van der Waals surface area contributed by atoms with Crippen LogP contribution in [0.25, 0.3) is 0 Å². The summed E-state index contributed by atoms with van der Waals surface area (Å²) in [7, 11) is 0. The second kappa shape index (κ2) is 4.06. The number of nitrogens with zero attached hydrogens (tertiary/aromatic N) is 1. The van der Waals surface area contributed by atoms with Gasteiger partial charge in [0.2, 0.25) is 0 Å². The van der Waals surface area contributed by atoms with E-state index in [9.17, 15) is 4.79 Å². The molecule has 0 spiro atoms. The van der Waals surface area contributed by atoms with Gasteiger partial charge in [0.15, 0.2) is 0 Å². The Labute approximate surface area is 81.2 Å². The molecule has 0 aliphatic rings. The van der Waals surface area contributed by atoms with E-state index in [1.54, 1.807) is 13.1 Å². The summed E-state index contributed by atoms with van der Waals surface area (Å²) in [5.41, 5.74) is 0. The van der Waals surface area contributed by atoms with Gasteiger partial charge in [0.05, 0.1) is 17.2 Å². The maximum absolute atomic E-state index is 11.4. The lowest BCUT2D eigenvalue weighted by atomic mass is 10.3. The Morgan fingerprint density at radius 3 is 3.00 bits per heavy atom. The Kier molecular flexibility index (Phi) is 3.04. The van der Waals surface area contributed by atoms with Crippen LogP contribution in [0.4, 0.5) is 0 Å². The first-order chi connectivity index (χ1) is 6.13. The number of carbonyl (C=O) groups is 1. The third kappa shape index (κ3) is 2.56. The highest BCUT2D eigenvalue weighted by molar-refractivity contribution is 7.13. The molecule has 1 atom stereocenters. The van der Waals surface area contributed by atoms with Crippen LogP contribution in [0.15, 0.2) is 6.20 Å². The number of nitrogens with one attached hydrogen (secondary N) is 1. The molecule has 1 rings (SSSR count). The van der Waals surface area contributed by atoms with Gasteiger partial charge in [-0.15, -0.1) is 17.8 Å². The predicted octanol–water partition coefficient (Wildman–Crippen LogP) is 1.20. The maximum atomic E-state index is 11.4. The van der Waals surface area contributed by atoms with Gasteiger partial charge in [-0.25, -0.2) is 4.98 Å². The van der Waals surface area contributed by atoms with Crippen molar-refractivity contribution in [2.75, 3.05) is 0 Å². The lowest BCUT2D eigenvalue weighted by molar-refractivity contribution is 0.0952. The third-order valence-corrected chi connectivity index (χ3v) is 2.35. The highest BCUT2D eigenvalue weighted by Crippen LogP contribution is 2.10. The van der Waals surface area contributed by atoms with Gasteiger partial charge in [0, 0.05) is 0 Å². The van der Waals surface area contributed by atoms with Crippen molar-refractivity contribution in [2.45, 2.75) is 19.9 Å². The minimum Gasteiger partial charge on any atom is -0.338 e. The number of thiazole rings is 1. The van der Waals surface area contributed by atoms with E-state index in [2.05, 4.69) is 16.2 Å². The van der Waals surface area contributed by atoms with Gasteiger partial charge < -0.3 is 5.32 Å². The van der Waals surface area contributed by atoms with Crippen LogP contribution in [-0.4, -0.2) is 16.9 Å². The SMILES string of the molecule is C#CC(C)NC(=O)c1cnc(C)s1. The Morgan fingerprint density at radius 1 is 1.85 bits per heavy atom. The van der Waals surface area contributed by atoms with Crippen LogP contribution in [0.5, 0.6) is 0 Å². The van der Waals surface area contributed by atoms with Gasteiger partial charge in [-0.1, -0.05) is 5.92 Å². The highest BCUT2D eigenvalue weighted by atomic mass is 32.1. The van der Waals surface area contributed by atoms with Crippen molar-refractivity contribution in [1.29, 1.82) is 0 Å². The van der Waals surface area contributed by atoms with Crippen molar-refractivity contribution >= 4 is 17.2 Å². The van der Waals surface area contributed by atoms with E-state index in [-0.39, 0.29) is 11.9 Å². The summed E-state index contributed by atoms with van der Waals surface area (Å²) in [5, 5.41) is 3.53. The van der Waals surface area contributed by atoms with Crippen molar-refractivity contribution in [1.82, 2.24) is 10.3 Å². The molecule has 1 aromatic heterocycles. The molecule has 0 saturated carbocycles. The summed E-state index contributed by atoms with van der Waals surface area (Å²) in [4.78, 5) is 16.0. The summed E-state index contributed by atoms with van der Waals surface area (Å²) in [6.45, 7) is 3.61. The van der Waals surface area contributed by atoms with E-state index in [0.717, 1.165) is 5.01 Å².